The summed E-state index contributed by atoms with van der Waals surface area (Å²) < 4.78 is 2.44. The van der Waals surface area contributed by atoms with Gasteiger partial charge < -0.3 is 4.40 Å². The monoisotopic (exact) mass is 277 g/mol. The average Bonchev–Trinajstić information content (AvgIpc) is 2.75. The van der Waals surface area contributed by atoms with E-state index in [1.807, 2.05) is 0 Å². The predicted molar refractivity (Wildman–Crippen MR) is 91.3 cm³/mol. The van der Waals surface area contributed by atoms with E-state index in [9.17, 15) is 0 Å². The first-order valence-corrected chi connectivity index (χ1v) is 7.58. The molecule has 108 valence electrons. The standard InChI is InChI=1S/C20H23N/c1-12-13(2)16(5)21-17(6)19(15(4)20(21)14(12)3)18-10-8-7-9-11-18/h7-11H,1-6H3. The maximum absolute atomic E-state index is 2.44. The van der Waals surface area contributed by atoms with Crippen LogP contribution in [0.4, 0.5) is 0 Å². The first-order valence-electron chi connectivity index (χ1n) is 7.58. The molecule has 1 aromatic carbocycles. The van der Waals surface area contributed by atoms with Gasteiger partial charge in [0, 0.05) is 17.0 Å². The normalized spacial score (nSPS) is 11.3. The van der Waals surface area contributed by atoms with E-state index in [-0.39, 0.29) is 0 Å². The molecule has 3 aromatic rings. The number of hydrogen-bond acceptors (Lipinski definition) is 0. The van der Waals surface area contributed by atoms with Crippen molar-refractivity contribution in [1.29, 1.82) is 0 Å². The van der Waals surface area contributed by atoms with E-state index in [0.717, 1.165) is 0 Å². The van der Waals surface area contributed by atoms with E-state index in [4.69, 9.17) is 0 Å². The highest BCUT2D eigenvalue weighted by molar-refractivity contribution is 5.82. The number of pyridine rings is 1. The summed E-state index contributed by atoms with van der Waals surface area (Å²) in [5.74, 6) is 0. The molecular formula is C20H23N. The Morgan fingerprint density at radius 3 is 1.86 bits per heavy atom. The van der Waals surface area contributed by atoms with Crippen molar-refractivity contribution in [3.63, 3.8) is 0 Å². The Bertz CT molecular complexity index is 785. The van der Waals surface area contributed by atoms with Crippen LogP contribution in [-0.4, -0.2) is 4.40 Å². The molecule has 0 radical (unpaired) electrons. The lowest BCUT2D eigenvalue weighted by molar-refractivity contribution is 0.996. The van der Waals surface area contributed by atoms with Gasteiger partial charge in [0.2, 0.25) is 0 Å². The van der Waals surface area contributed by atoms with Gasteiger partial charge in [-0.05, 0) is 69.4 Å². The van der Waals surface area contributed by atoms with Crippen LogP contribution < -0.4 is 0 Å². The second-order valence-corrected chi connectivity index (χ2v) is 6.10. The average molecular weight is 277 g/mol. The number of hydrogen-bond donors (Lipinski definition) is 0. The molecule has 0 saturated heterocycles. The Kier molecular flexibility index (Phi) is 3.16. The predicted octanol–water partition coefficient (Wildman–Crippen LogP) is 5.46. The molecule has 1 nitrogen and oxygen atoms in total. The van der Waals surface area contributed by atoms with Gasteiger partial charge in [-0.3, -0.25) is 0 Å². The fourth-order valence-corrected chi connectivity index (χ4v) is 3.63. The molecule has 0 saturated carbocycles. The van der Waals surface area contributed by atoms with E-state index in [0.29, 0.717) is 0 Å². The van der Waals surface area contributed by atoms with Crippen molar-refractivity contribution in [2.45, 2.75) is 41.5 Å². The van der Waals surface area contributed by atoms with Gasteiger partial charge in [-0.25, -0.2) is 0 Å². The minimum absolute atomic E-state index is 1.31. The molecule has 0 amide bonds. The molecule has 0 aliphatic carbocycles. The summed E-state index contributed by atoms with van der Waals surface area (Å²) in [6.07, 6.45) is 0. The van der Waals surface area contributed by atoms with Crippen LogP contribution in [0.3, 0.4) is 0 Å². The molecule has 3 rings (SSSR count). The van der Waals surface area contributed by atoms with Crippen molar-refractivity contribution in [3.05, 3.63) is 64.0 Å². The number of aromatic nitrogens is 1. The summed E-state index contributed by atoms with van der Waals surface area (Å²) in [5, 5.41) is 0. The van der Waals surface area contributed by atoms with Crippen LogP contribution in [0.2, 0.25) is 0 Å². The van der Waals surface area contributed by atoms with Crippen molar-refractivity contribution in [2.24, 2.45) is 0 Å². The highest BCUT2D eigenvalue weighted by Crippen LogP contribution is 2.36. The fourth-order valence-electron chi connectivity index (χ4n) is 3.63. The summed E-state index contributed by atoms with van der Waals surface area (Å²) in [6, 6.07) is 10.7. The summed E-state index contributed by atoms with van der Waals surface area (Å²) in [6.45, 7) is 13.4. The number of nitrogens with zero attached hydrogens (tertiary/aromatic N) is 1. The molecule has 1 heteroatoms. The highest BCUT2D eigenvalue weighted by atomic mass is 14.9. The molecule has 0 spiro atoms. The molecule has 21 heavy (non-hydrogen) atoms. The molecule has 2 heterocycles. The maximum atomic E-state index is 2.44. The second kappa shape index (κ2) is 4.77. The van der Waals surface area contributed by atoms with Crippen LogP contribution in [-0.2, 0) is 0 Å². The van der Waals surface area contributed by atoms with Crippen LogP contribution in [0.15, 0.2) is 30.3 Å². The third kappa shape index (κ3) is 1.84. The zero-order chi connectivity index (χ0) is 15.3. The summed E-state index contributed by atoms with van der Waals surface area (Å²) >= 11 is 0. The highest BCUT2D eigenvalue weighted by Gasteiger charge is 2.19. The largest absolute Gasteiger partial charge is 0.317 e. The first-order chi connectivity index (χ1) is 9.95. The molecule has 2 aromatic heterocycles. The van der Waals surface area contributed by atoms with Gasteiger partial charge in [-0.15, -0.1) is 0 Å². The number of fused-ring (bicyclic) bond motifs is 1. The lowest BCUT2D eigenvalue weighted by atomic mass is 9.99. The Labute approximate surface area is 127 Å². The van der Waals surface area contributed by atoms with Gasteiger partial charge in [0.1, 0.15) is 0 Å². The van der Waals surface area contributed by atoms with Crippen molar-refractivity contribution < 1.29 is 0 Å². The van der Waals surface area contributed by atoms with E-state index in [2.05, 4.69) is 76.3 Å². The Hall–Kier alpha value is -2.02. The van der Waals surface area contributed by atoms with Crippen LogP contribution in [0, 0.1) is 41.5 Å². The van der Waals surface area contributed by atoms with Gasteiger partial charge in [-0.2, -0.15) is 0 Å². The third-order valence-corrected chi connectivity index (χ3v) is 5.07. The van der Waals surface area contributed by atoms with Gasteiger partial charge in [0.15, 0.2) is 0 Å². The fraction of sp³-hybridized carbons (Fsp3) is 0.300. The van der Waals surface area contributed by atoms with E-state index < -0.39 is 0 Å². The van der Waals surface area contributed by atoms with Crippen LogP contribution in [0.5, 0.6) is 0 Å². The smallest absolute Gasteiger partial charge is 0.0523 e. The molecule has 0 bridgehead atoms. The molecule has 0 fully saturated rings. The van der Waals surface area contributed by atoms with Gasteiger partial charge in [-0.1, -0.05) is 30.3 Å². The quantitative estimate of drug-likeness (QED) is 0.556. The molecule has 0 unspecified atom stereocenters. The van der Waals surface area contributed by atoms with Gasteiger partial charge >= 0.3 is 0 Å². The lowest BCUT2D eigenvalue weighted by Crippen LogP contribution is -2.02. The van der Waals surface area contributed by atoms with Crippen molar-refractivity contribution in [3.8, 4) is 11.1 Å². The lowest BCUT2D eigenvalue weighted by Gasteiger charge is -2.14. The van der Waals surface area contributed by atoms with E-state index in [1.165, 1.54) is 50.3 Å². The third-order valence-electron chi connectivity index (χ3n) is 5.07. The minimum atomic E-state index is 1.31. The number of rotatable bonds is 1. The number of benzene rings is 1. The second-order valence-electron chi connectivity index (χ2n) is 6.10. The molecule has 0 aliphatic heterocycles. The molecule has 0 N–H and O–H groups in total. The Balaban J connectivity index is 2.51. The molecular weight excluding hydrogens is 254 g/mol. The number of aryl methyl sites for hydroxylation is 4. The van der Waals surface area contributed by atoms with Gasteiger partial charge in [0.25, 0.3) is 0 Å². The Morgan fingerprint density at radius 1 is 0.619 bits per heavy atom. The zero-order valence-corrected chi connectivity index (χ0v) is 13.8. The van der Waals surface area contributed by atoms with Crippen molar-refractivity contribution in [2.75, 3.05) is 0 Å². The molecule has 0 aliphatic rings. The van der Waals surface area contributed by atoms with Crippen LogP contribution in [0.25, 0.3) is 16.6 Å². The SMILES string of the molecule is Cc1c(C)c(C)n2c(C)c(-c3ccccc3)c(C)c2c1C. The van der Waals surface area contributed by atoms with Gasteiger partial charge in [0.05, 0.1) is 5.52 Å². The maximum Gasteiger partial charge on any atom is 0.0523 e. The molecule has 0 atom stereocenters. The minimum Gasteiger partial charge on any atom is -0.317 e. The van der Waals surface area contributed by atoms with E-state index in [1.54, 1.807) is 0 Å². The first kappa shape index (κ1) is 13.9. The van der Waals surface area contributed by atoms with Crippen molar-refractivity contribution in [1.82, 2.24) is 4.40 Å². The zero-order valence-electron chi connectivity index (χ0n) is 13.8. The van der Waals surface area contributed by atoms with E-state index >= 15 is 0 Å². The van der Waals surface area contributed by atoms with Crippen LogP contribution >= 0.6 is 0 Å². The summed E-state index contributed by atoms with van der Waals surface area (Å²) in [4.78, 5) is 0. The van der Waals surface area contributed by atoms with Crippen LogP contribution in [0.1, 0.15) is 33.6 Å². The summed E-state index contributed by atoms with van der Waals surface area (Å²) in [5.41, 5.74) is 12.4. The topological polar surface area (TPSA) is 4.41 Å². The van der Waals surface area contributed by atoms with Crippen molar-refractivity contribution >= 4 is 5.52 Å². The Morgan fingerprint density at radius 2 is 1.24 bits per heavy atom. The summed E-state index contributed by atoms with van der Waals surface area (Å²) in [7, 11) is 0.